The molecule has 0 radical (unpaired) electrons. The van der Waals surface area contributed by atoms with E-state index in [2.05, 4.69) is 25.2 Å². The molecule has 2 aliphatic heterocycles. The van der Waals surface area contributed by atoms with E-state index in [1.807, 2.05) is 65.3 Å². The molecule has 1 saturated carbocycles. The zero-order valence-corrected chi connectivity index (χ0v) is 23.7. The fraction of sp³-hybridized carbons (Fsp3) is 0.281. The van der Waals surface area contributed by atoms with E-state index in [1.165, 1.54) is 0 Å². The Bertz CT molecular complexity index is 1660. The lowest BCUT2D eigenvalue weighted by Crippen LogP contribution is -2.43. The molecule has 1 aromatic heterocycles. The molecule has 8 nitrogen and oxygen atoms in total. The lowest BCUT2D eigenvalue weighted by atomic mass is 9.99. The summed E-state index contributed by atoms with van der Waals surface area (Å²) in [5, 5.41) is 8.03. The Morgan fingerprint density at radius 1 is 1.02 bits per heavy atom. The number of amides is 2. The normalized spacial score (nSPS) is 17.8. The van der Waals surface area contributed by atoms with Gasteiger partial charge in [-0.25, -0.2) is 4.68 Å². The molecule has 1 aliphatic carbocycles. The van der Waals surface area contributed by atoms with E-state index in [4.69, 9.17) is 14.6 Å². The van der Waals surface area contributed by atoms with Crippen LogP contribution in [0.1, 0.15) is 40.3 Å². The highest BCUT2D eigenvalue weighted by Crippen LogP contribution is 2.50. The van der Waals surface area contributed by atoms with Crippen molar-refractivity contribution < 1.29 is 19.1 Å². The van der Waals surface area contributed by atoms with Crippen LogP contribution in [0.4, 0.5) is 5.82 Å². The van der Waals surface area contributed by atoms with Gasteiger partial charge in [0.2, 0.25) is 18.6 Å². The van der Waals surface area contributed by atoms with E-state index in [-0.39, 0.29) is 42.2 Å². The van der Waals surface area contributed by atoms with Crippen molar-refractivity contribution in [1.82, 2.24) is 15.1 Å². The summed E-state index contributed by atoms with van der Waals surface area (Å²) in [6.45, 7) is 4.25. The largest absolute Gasteiger partial charge is 0.454 e. The first-order valence-electron chi connectivity index (χ1n) is 13.8. The van der Waals surface area contributed by atoms with Crippen LogP contribution in [0.2, 0.25) is 0 Å². The third kappa shape index (κ3) is 4.74. The molecule has 0 unspecified atom stereocenters. The van der Waals surface area contributed by atoms with Crippen LogP contribution in [0.3, 0.4) is 0 Å². The van der Waals surface area contributed by atoms with Crippen LogP contribution in [-0.2, 0) is 9.59 Å². The van der Waals surface area contributed by atoms with E-state index in [9.17, 15) is 9.59 Å². The second-order valence-electron chi connectivity index (χ2n) is 10.7. The number of carbonyl (C=O) groups excluding carboxylic acids is 2. The Balaban J connectivity index is 1.48. The average Bonchev–Trinajstić information content (AvgIpc) is 3.56. The van der Waals surface area contributed by atoms with Crippen LogP contribution in [0.5, 0.6) is 11.5 Å². The summed E-state index contributed by atoms with van der Waals surface area (Å²) in [5.74, 6) is 1.94. The van der Waals surface area contributed by atoms with Crippen molar-refractivity contribution in [3.8, 4) is 28.4 Å². The quantitative estimate of drug-likeness (QED) is 0.340. The number of fused-ring (bicyclic) bond motifs is 2. The monoisotopic (exact) mass is 566 g/mol. The molecule has 0 saturated heterocycles. The highest BCUT2D eigenvalue weighted by molar-refractivity contribution is 8.00. The van der Waals surface area contributed by atoms with Crippen LogP contribution in [0, 0.1) is 13.8 Å². The van der Waals surface area contributed by atoms with Gasteiger partial charge in [0, 0.05) is 17.2 Å². The van der Waals surface area contributed by atoms with E-state index < -0.39 is 0 Å². The second-order valence-corrected chi connectivity index (χ2v) is 11.8. The van der Waals surface area contributed by atoms with E-state index in [0.717, 1.165) is 52.0 Å². The summed E-state index contributed by atoms with van der Waals surface area (Å²) >= 11 is 1.54. The number of carbonyl (C=O) groups is 2. The highest BCUT2D eigenvalue weighted by atomic mass is 32.2. The number of aromatic nitrogens is 2. The Hall–Kier alpha value is -4.24. The molecule has 208 valence electrons. The molecule has 9 heteroatoms. The van der Waals surface area contributed by atoms with Crippen molar-refractivity contribution in [3.05, 3.63) is 89.0 Å². The predicted molar refractivity (Wildman–Crippen MR) is 159 cm³/mol. The molecular weight excluding hydrogens is 536 g/mol. The van der Waals surface area contributed by atoms with Crippen LogP contribution in [-0.4, -0.2) is 46.7 Å². The summed E-state index contributed by atoms with van der Waals surface area (Å²) in [6.07, 6.45) is 1.96. The first-order chi connectivity index (χ1) is 20.0. The lowest BCUT2D eigenvalue weighted by molar-refractivity contribution is -0.123. The summed E-state index contributed by atoms with van der Waals surface area (Å²) < 4.78 is 13.2. The highest BCUT2D eigenvalue weighted by Gasteiger charge is 2.39. The number of hydrogen-bond acceptors (Lipinski definition) is 6. The molecule has 7 rings (SSSR count). The number of benzene rings is 3. The summed E-state index contributed by atoms with van der Waals surface area (Å²) in [7, 11) is 0. The van der Waals surface area contributed by atoms with Gasteiger partial charge in [-0.15, -0.1) is 11.8 Å². The Morgan fingerprint density at radius 3 is 2.63 bits per heavy atom. The van der Waals surface area contributed by atoms with Gasteiger partial charge in [0.1, 0.15) is 12.4 Å². The van der Waals surface area contributed by atoms with Gasteiger partial charge in [-0.2, -0.15) is 5.10 Å². The van der Waals surface area contributed by atoms with Gasteiger partial charge < -0.3 is 14.8 Å². The minimum Gasteiger partial charge on any atom is -0.454 e. The molecule has 1 atom stereocenters. The SMILES string of the molecule is Cc1cccc(-n2nc(-c3ccccc3)c3c2N(CC(=O)NC2CC2)C(=O)CS[C@H]3c2ccc3c(c2)OCO3)c1C. The first kappa shape index (κ1) is 25.7. The van der Waals surface area contributed by atoms with Crippen LogP contribution >= 0.6 is 11.8 Å². The number of thioether (sulfide) groups is 1. The maximum absolute atomic E-state index is 13.9. The molecule has 1 fully saturated rings. The van der Waals surface area contributed by atoms with Crippen molar-refractivity contribution >= 4 is 29.4 Å². The maximum atomic E-state index is 13.9. The fourth-order valence-electron chi connectivity index (χ4n) is 5.45. The van der Waals surface area contributed by atoms with Gasteiger partial charge in [-0.3, -0.25) is 14.5 Å². The average molecular weight is 567 g/mol. The minimum atomic E-state index is -0.242. The van der Waals surface area contributed by atoms with E-state index >= 15 is 0 Å². The summed E-state index contributed by atoms with van der Waals surface area (Å²) in [6, 6.07) is 22.3. The van der Waals surface area contributed by atoms with Gasteiger partial charge in [-0.05, 0) is 61.6 Å². The molecule has 2 amide bonds. The number of nitrogens with zero attached hydrogens (tertiary/aromatic N) is 3. The van der Waals surface area contributed by atoms with Crippen molar-refractivity contribution in [2.75, 3.05) is 24.0 Å². The molecular formula is C32H30N4O4S. The number of aryl methyl sites for hydroxylation is 1. The van der Waals surface area contributed by atoms with Crippen LogP contribution < -0.4 is 19.7 Å². The third-order valence-electron chi connectivity index (χ3n) is 7.88. The van der Waals surface area contributed by atoms with Crippen LogP contribution in [0.25, 0.3) is 16.9 Å². The summed E-state index contributed by atoms with van der Waals surface area (Å²) in [4.78, 5) is 28.7. The standard InChI is InChI=1S/C32H30N4O4S/c1-19-7-6-10-24(20(19)2)36-32-29(30(34-36)21-8-4-3-5-9-21)31(22-11-14-25-26(15-22)40-18-39-25)41-17-28(38)35(32)16-27(37)33-23-12-13-23/h3-11,14-15,23,31H,12-13,16-18H2,1-2H3,(H,33,37)/t31-/m0/s1. The van der Waals surface area contributed by atoms with Gasteiger partial charge in [0.25, 0.3) is 0 Å². The molecule has 3 aliphatic rings. The number of anilines is 1. The Morgan fingerprint density at radius 2 is 1.83 bits per heavy atom. The summed E-state index contributed by atoms with van der Waals surface area (Å²) in [5.41, 5.74) is 6.65. The van der Waals surface area contributed by atoms with Gasteiger partial charge in [-0.1, -0.05) is 48.5 Å². The molecule has 0 bridgehead atoms. The number of hydrogen-bond donors (Lipinski definition) is 1. The smallest absolute Gasteiger partial charge is 0.240 e. The van der Waals surface area contributed by atoms with Crippen LogP contribution in [0.15, 0.2) is 66.7 Å². The minimum absolute atomic E-state index is 0.0679. The number of ether oxygens (including phenoxy) is 2. The van der Waals surface area contributed by atoms with Gasteiger partial charge >= 0.3 is 0 Å². The van der Waals surface area contributed by atoms with Crippen molar-refractivity contribution in [1.29, 1.82) is 0 Å². The first-order valence-corrected chi connectivity index (χ1v) is 14.9. The molecule has 0 spiro atoms. The zero-order valence-electron chi connectivity index (χ0n) is 22.9. The van der Waals surface area contributed by atoms with Crippen molar-refractivity contribution in [2.24, 2.45) is 0 Å². The van der Waals surface area contributed by atoms with Crippen molar-refractivity contribution in [3.63, 3.8) is 0 Å². The Kier molecular flexibility index (Phi) is 6.46. The van der Waals surface area contributed by atoms with E-state index in [1.54, 1.807) is 16.7 Å². The number of nitrogens with one attached hydrogen (secondary N) is 1. The Labute approximate surface area is 242 Å². The lowest BCUT2D eigenvalue weighted by Gasteiger charge is -2.24. The molecule has 1 N–H and O–H groups in total. The third-order valence-corrected chi connectivity index (χ3v) is 9.14. The number of rotatable bonds is 6. The fourth-order valence-corrected chi connectivity index (χ4v) is 6.63. The van der Waals surface area contributed by atoms with Crippen molar-refractivity contribution in [2.45, 2.75) is 38.0 Å². The topological polar surface area (TPSA) is 85.7 Å². The van der Waals surface area contributed by atoms with E-state index in [0.29, 0.717) is 17.3 Å². The molecule has 3 aromatic carbocycles. The molecule has 3 heterocycles. The maximum Gasteiger partial charge on any atom is 0.240 e. The molecule has 4 aromatic rings. The zero-order chi connectivity index (χ0) is 28.1. The predicted octanol–water partition coefficient (Wildman–Crippen LogP) is 5.33. The second kappa shape index (κ2) is 10.3. The molecule has 41 heavy (non-hydrogen) atoms. The van der Waals surface area contributed by atoms with Gasteiger partial charge in [0.15, 0.2) is 11.5 Å². The van der Waals surface area contributed by atoms with Gasteiger partial charge in [0.05, 0.1) is 22.4 Å².